The zero-order valence-corrected chi connectivity index (χ0v) is 12.5. The molecule has 0 heterocycles. The molecule has 0 unspecified atom stereocenters. The SMILES string of the molecule is CCOC(=O)/C(C#N)=C/c1ccc(C2CCCCC2)cc1. The van der Waals surface area contributed by atoms with Crippen molar-refractivity contribution in [1.82, 2.24) is 0 Å². The van der Waals surface area contributed by atoms with Crippen molar-refractivity contribution in [2.75, 3.05) is 6.61 Å². The highest BCUT2D eigenvalue weighted by molar-refractivity contribution is 5.97. The number of esters is 1. The van der Waals surface area contributed by atoms with Gasteiger partial charge in [0.1, 0.15) is 11.6 Å². The zero-order valence-electron chi connectivity index (χ0n) is 12.5. The fourth-order valence-corrected chi connectivity index (χ4v) is 2.81. The van der Waals surface area contributed by atoms with Crippen molar-refractivity contribution in [2.24, 2.45) is 0 Å². The molecular weight excluding hydrogens is 262 g/mol. The van der Waals surface area contributed by atoms with E-state index in [4.69, 9.17) is 10.00 Å². The number of nitrogens with zero attached hydrogens (tertiary/aromatic N) is 1. The molecule has 0 aromatic heterocycles. The van der Waals surface area contributed by atoms with Crippen LogP contribution in [0.25, 0.3) is 6.08 Å². The zero-order chi connectivity index (χ0) is 15.1. The summed E-state index contributed by atoms with van der Waals surface area (Å²) < 4.78 is 4.86. The Morgan fingerprint density at radius 1 is 1.29 bits per heavy atom. The van der Waals surface area contributed by atoms with Gasteiger partial charge in [-0.15, -0.1) is 0 Å². The highest BCUT2D eigenvalue weighted by Gasteiger charge is 2.15. The summed E-state index contributed by atoms with van der Waals surface area (Å²) >= 11 is 0. The highest BCUT2D eigenvalue weighted by atomic mass is 16.5. The molecule has 0 N–H and O–H groups in total. The van der Waals surface area contributed by atoms with Crippen LogP contribution >= 0.6 is 0 Å². The first-order valence-electron chi connectivity index (χ1n) is 7.63. The van der Waals surface area contributed by atoms with Gasteiger partial charge in [0, 0.05) is 0 Å². The van der Waals surface area contributed by atoms with Gasteiger partial charge >= 0.3 is 5.97 Å². The second-order valence-corrected chi connectivity index (χ2v) is 5.39. The predicted molar refractivity (Wildman–Crippen MR) is 82.5 cm³/mol. The molecule has 1 saturated carbocycles. The molecule has 1 fully saturated rings. The number of ether oxygens (including phenoxy) is 1. The van der Waals surface area contributed by atoms with Crippen molar-refractivity contribution in [1.29, 1.82) is 5.26 Å². The van der Waals surface area contributed by atoms with Crippen molar-refractivity contribution in [3.8, 4) is 6.07 Å². The number of hydrogen-bond acceptors (Lipinski definition) is 3. The van der Waals surface area contributed by atoms with Crippen LogP contribution in [-0.4, -0.2) is 12.6 Å². The number of benzene rings is 1. The molecule has 110 valence electrons. The molecule has 0 spiro atoms. The van der Waals surface area contributed by atoms with Gasteiger partial charge in [0.05, 0.1) is 6.61 Å². The van der Waals surface area contributed by atoms with Crippen molar-refractivity contribution < 1.29 is 9.53 Å². The minimum absolute atomic E-state index is 0.0438. The fraction of sp³-hybridized carbons (Fsp3) is 0.444. The normalized spacial score (nSPS) is 16.3. The summed E-state index contributed by atoms with van der Waals surface area (Å²) in [4.78, 5) is 11.6. The molecule has 1 aliphatic rings. The Bertz CT molecular complexity index is 546. The Hall–Kier alpha value is -2.08. The number of rotatable bonds is 4. The second-order valence-electron chi connectivity index (χ2n) is 5.39. The highest BCUT2D eigenvalue weighted by Crippen LogP contribution is 2.32. The van der Waals surface area contributed by atoms with Crippen LogP contribution in [0.2, 0.25) is 0 Å². The number of nitriles is 1. The molecule has 0 aliphatic heterocycles. The summed E-state index contributed by atoms with van der Waals surface area (Å²) in [6.45, 7) is 2.00. The van der Waals surface area contributed by atoms with Gasteiger partial charge in [0.15, 0.2) is 0 Å². The Morgan fingerprint density at radius 3 is 2.52 bits per heavy atom. The largest absolute Gasteiger partial charge is 0.462 e. The number of hydrogen-bond donors (Lipinski definition) is 0. The average molecular weight is 283 g/mol. The summed E-state index contributed by atoms with van der Waals surface area (Å²) in [6.07, 6.45) is 8.09. The molecule has 1 aromatic carbocycles. The van der Waals surface area contributed by atoms with E-state index in [1.807, 2.05) is 18.2 Å². The summed E-state index contributed by atoms with van der Waals surface area (Å²) in [6, 6.07) is 10.1. The quantitative estimate of drug-likeness (QED) is 0.472. The third-order valence-electron chi connectivity index (χ3n) is 3.94. The molecule has 2 rings (SSSR count). The summed E-state index contributed by atoms with van der Waals surface area (Å²) in [5.41, 5.74) is 2.27. The first-order chi connectivity index (χ1) is 10.2. The Balaban J connectivity index is 2.10. The Morgan fingerprint density at radius 2 is 1.95 bits per heavy atom. The molecule has 0 radical (unpaired) electrons. The van der Waals surface area contributed by atoms with E-state index in [0.717, 1.165) is 5.56 Å². The topological polar surface area (TPSA) is 50.1 Å². The van der Waals surface area contributed by atoms with Crippen molar-refractivity contribution >= 4 is 12.0 Å². The van der Waals surface area contributed by atoms with Crippen LogP contribution in [0.3, 0.4) is 0 Å². The van der Waals surface area contributed by atoms with E-state index in [9.17, 15) is 4.79 Å². The maximum absolute atomic E-state index is 11.6. The van der Waals surface area contributed by atoms with Gasteiger partial charge in [0.2, 0.25) is 0 Å². The molecule has 0 bridgehead atoms. The lowest BCUT2D eigenvalue weighted by atomic mass is 9.84. The van der Waals surface area contributed by atoms with Gasteiger partial charge < -0.3 is 4.74 Å². The van der Waals surface area contributed by atoms with Crippen LogP contribution in [0.4, 0.5) is 0 Å². The summed E-state index contributed by atoms with van der Waals surface area (Å²) in [7, 11) is 0. The molecular formula is C18H21NO2. The second kappa shape index (κ2) is 7.64. The van der Waals surface area contributed by atoms with Crippen molar-refractivity contribution in [3.63, 3.8) is 0 Å². The number of carbonyl (C=O) groups excluding carboxylic acids is 1. The first kappa shape index (κ1) is 15.3. The smallest absolute Gasteiger partial charge is 0.348 e. The molecule has 21 heavy (non-hydrogen) atoms. The van der Waals surface area contributed by atoms with Crippen LogP contribution in [-0.2, 0) is 9.53 Å². The van der Waals surface area contributed by atoms with E-state index < -0.39 is 5.97 Å². The maximum atomic E-state index is 11.6. The van der Waals surface area contributed by atoms with Crippen LogP contribution < -0.4 is 0 Å². The minimum Gasteiger partial charge on any atom is -0.462 e. The van der Waals surface area contributed by atoms with Gasteiger partial charge in [-0.2, -0.15) is 5.26 Å². The molecule has 3 nitrogen and oxygen atoms in total. The lowest BCUT2D eigenvalue weighted by Crippen LogP contribution is -2.06. The molecule has 0 saturated heterocycles. The minimum atomic E-state index is -0.559. The van der Waals surface area contributed by atoms with Gasteiger partial charge in [-0.25, -0.2) is 4.79 Å². The monoisotopic (exact) mass is 283 g/mol. The summed E-state index contributed by atoms with van der Waals surface area (Å²) in [5, 5.41) is 9.02. The lowest BCUT2D eigenvalue weighted by Gasteiger charge is -2.21. The van der Waals surface area contributed by atoms with Gasteiger partial charge in [-0.1, -0.05) is 43.5 Å². The maximum Gasteiger partial charge on any atom is 0.348 e. The van der Waals surface area contributed by atoms with Crippen molar-refractivity contribution in [3.05, 3.63) is 41.0 Å². The molecule has 1 aliphatic carbocycles. The van der Waals surface area contributed by atoms with E-state index >= 15 is 0 Å². The molecule has 3 heteroatoms. The number of carbonyl (C=O) groups is 1. The van der Waals surface area contributed by atoms with Gasteiger partial charge in [-0.3, -0.25) is 0 Å². The molecule has 0 amide bonds. The van der Waals surface area contributed by atoms with Crippen LogP contribution in [0.15, 0.2) is 29.8 Å². The molecule has 0 atom stereocenters. The van der Waals surface area contributed by atoms with E-state index in [1.54, 1.807) is 13.0 Å². The summed E-state index contributed by atoms with van der Waals surface area (Å²) in [5.74, 6) is 0.105. The fourth-order valence-electron chi connectivity index (χ4n) is 2.81. The molecule has 1 aromatic rings. The predicted octanol–water partition coefficient (Wildman–Crippen LogP) is 4.20. The van der Waals surface area contributed by atoms with Crippen molar-refractivity contribution in [2.45, 2.75) is 44.9 Å². The van der Waals surface area contributed by atoms with Crippen LogP contribution in [0.5, 0.6) is 0 Å². The average Bonchev–Trinajstić information content (AvgIpc) is 2.54. The van der Waals surface area contributed by atoms with Gasteiger partial charge in [0.25, 0.3) is 0 Å². The lowest BCUT2D eigenvalue weighted by molar-refractivity contribution is -0.137. The van der Waals surface area contributed by atoms with E-state index in [0.29, 0.717) is 5.92 Å². The van der Waals surface area contributed by atoms with Crippen LogP contribution in [0.1, 0.15) is 56.1 Å². The standard InChI is InChI=1S/C18H21NO2/c1-2-21-18(20)17(13-19)12-14-8-10-16(11-9-14)15-6-4-3-5-7-15/h8-12,15H,2-7H2,1H3/b17-12+. The van der Waals surface area contributed by atoms with E-state index in [2.05, 4.69) is 12.1 Å². The third-order valence-corrected chi connectivity index (χ3v) is 3.94. The van der Waals surface area contributed by atoms with Gasteiger partial charge in [-0.05, 0) is 42.9 Å². The first-order valence-corrected chi connectivity index (χ1v) is 7.63. The third kappa shape index (κ3) is 4.19. The Labute approximate surface area is 126 Å². The van der Waals surface area contributed by atoms with E-state index in [-0.39, 0.29) is 12.2 Å². The Kier molecular flexibility index (Phi) is 5.57. The van der Waals surface area contributed by atoms with E-state index in [1.165, 1.54) is 37.7 Å². The van der Waals surface area contributed by atoms with Crippen LogP contribution in [0, 0.1) is 11.3 Å².